The van der Waals surface area contributed by atoms with Crippen LogP contribution >= 0.6 is 0 Å². The summed E-state index contributed by atoms with van der Waals surface area (Å²) in [6.45, 7) is 5.94. The lowest BCUT2D eigenvalue weighted by molar-refractivity contribution is -0.133. The molecule has 0 aromatic carbocycles. The van der Waals surface area contributed by atoms with Crippen LogP contribution in [0.3, 0.4) is 0 Å². The smallest absolute Gasteiger partial charge is 0.227 e. The molecule has 0 saturated carbocycles. The first kappa shape index (κ1) is 16.6. The van der Waals surface area contributed by atoms with Gasteiger partial charge in [0.05, 0.1) is 5.41 Å². The molecule has 2 N–H and O–H groups in total. The van der Waals surface area contributed by atoms with Crippen LogP contribution in [0.2, 0.25) is 0 Å². The highest BCUT2D eigenvalue weighted by atomic mass is 32.2. The lowest BCUT2D eigenvalue weighted by Crippen LogP contribution is -2.52. The molecule has 5 heteroatoms. The number of rotatable bonds is 7. The van der Waals surface area contributed by atoms with E-state index in [-0.39, 0.29) is 17.4 Å². The second-order valence-electron chi connectivity index (χ2n) is 5.75. The molecule has 0 aliphatic carbocycles. The molecule has 0 radical (unpaired) electrons. The third kappa shape index (κ3) is 5.22. The van der Waals surface area contributed by atoms with Crippen LogP contribution in [0.5, 0.6) is 0 Å². The summed E-state index contributed by atoms with van der Waals surface area (Å²) in [4.78, 5) is 12.5. The van der Waals surface area contributed by atoms with Crippen molar-refractivity contribution in [2.24, 2.45) is 5.41 Å². The van der Waals surface area contributed by atoms with Gasteiger partial charge in [0.25, 0.3) is 0 Å². The molecule has 3 atom stereocenters. The summed E-state index contributed by atoms with van der Waals surface area (Å²) < 4.78 is 11.1. The predicted molar refractivity (Wildman–Crippen MR) is 80.6 cm³/mol. The molecule has 1 aliphatic rings. The zero-order valence-corrected chi connectivity index (χ0v) is 13.3. The van der Waals surface area contributed by atoms with E-state index in [1.165, 1.54) is 0 Å². The van der Waals surface area contributed by atoms with Crippen LogP contribution in [0.1, 0.15) is 46.0 Å². The first-order chi connectivity index (χ1) is 9.00. The number of piperidine rings is 1. The van der Waals surface area contributed by atoms with Crippen LogP contribution in [0.4, 0.5) is 0 Å². The van der Waals surface area contributed by atoms with Crippen LogP contribution in [0, 0.1) is 5.41 Å². The SMILES string of the molecule is CCCC1(C(=O)NC(C)CCS(C)=O)CCCNC1. The number of hydrogen-bond donors (Lipinski definition) is 2. The number of amides is 1. The summed E-state index contributed by atoms with van der Waals surface area (Å²) in [5.74, 6) is 0.830. The number of hydrogen-bond acceptors (Lipinski definition) is 3. The third-order valence-corrected chi connectivity index (χ3v) is 4.71. The van der Waals surface area contributed by atoms with Crippen LogP contribution < -0.4 is 10.6 Å². The zero-order chi connectivity index (χ0) is 14.3. The van der Waals surface area contributed by atoms with E-state index in [0.717, 1.165) is 45.2 Å². The third-order valence-electron chi connectivity index (χ3n) is 3.90. The molecule has 1 aliphatic heterocycles. The van der Waals surface area contributed by atoms with Gasteiger partial charge in [-0.2, -0.15) is 0 Å². The Morgan fingerprint density at radius 3 is 2.79 bits per heavy atom. The van der Waals surface area contributed by atoms with E-state index in [0.29, 0.717) is 5.75 Å². The number of carbonyl (C=O) groups is 1. The number of nitrogens with one attached hydrogen (secondary N) is 2. The molecule has 0 spiro atoms. The minimum atomic E-state index is -0.783. The van der Waals surface area contributed by atoms with E-state index < -0.39 is 10.8 Å². The molecule has 1 fully saturated rings. The van der Waals surface area contributed by atoms with Gasteiger partial charge in [0, 0.05) is 35.4 Å². The standard InChI is InChI=1S/C14H28N2O2S/c1-4-7-14(8-5-9-15-11-14)13(17)16-12(2)6-10-19(3)18/h12,15H,4-11H2,1-3H3,(H,16,17). The Bertz CT molecular complexity index is 309. The Morgan fingerprint density at radius 2 is 2.26 bits per heavy atom. The van der Waals surface area contributed by atoms with Crippen LogP contribution in [0.15, 0.2) is 0 Å². The molecule has 1 saturated heterocycles. The predicted octanol–water partition coefficient (Wildman–Crippen LogP) is 1.43. The van der Waals surface area contributed by atoms with Gasteiger partial charge in [-0.25, -0.2) is 0 Å². The lowest BCUT2D eigenvalue weighted by atomic mass is 9.76. The Morgan fingerprint density at radius 1 is 1.53 bits per heavy atom. The molecule has 19 heavy (non-hydrogen) atoms. The fourth-order valence-corrected chi connectivity index (χ4v) is 3.44. The fraction of sp³-hybridized carbons (Fsp3) is 0.929. The first-order valence-corrected chi connectivity index (χ1v) is 9.04. The summed E-state index contributed by atoms with van der Waals surface area (Å²) in [5, 5.41) is 6.47. The molecule has 3 unspecified atom stereocenters. The van der Waals surface area contributed by atoms with Crippen molar-refractivity contribution in [1.29, 1.82) is 0 Å². The van der Waals surface area contributed by atoms with Crippen molar-refractivity contribution in [3.8, 4) is 0 Å². The van der Waals surface area contributed by atoms with E-state index in [2.05, 4.69) is 17.6 Å². The van der Waals surface area contributed by atoms with Gasteiger partial charge in [-0.3, -0.25) is 9.00 Å². The van der Waals surface area contributed by atoms with Crippen molar-refractivity contribution >= 4 is 16.7 Å². The average Bonchev–Trinajstić information content (AvgIpc) is 2.37. The zero-order valence-electron chi connectivity index (χ0n) is 12.5. The van der Waals surface area contributed by atoms with Gasteiger partial charge in [0.2, 0.25) is 5.91 Å². The van der Waals surface area contributed by atoms with Crippen molar-refractivity contribution in [3.05, 3.63) is 0 Å². The molecule has 1 rings (SSSR count). The monoisotopic (exact) mass is 288 g/mol. The van der Waals surface area contributed by atoms with Crippen LogP contribution in [-0.4, -0.2) is 41.3 Å². The highest BCUT2D eigenvalue weighted by Crippen LogP contribution is 2.32. The van der Waals surface area contributed by atoms with E-state index in [4.69, 9.17) is 0 Å². The van der Waals surface area contributed by atoms with E-state index in [1.54, 1.807) is 6.26 Å². The Hall–Kier alpha value is -0.420. The van der Waals surface area contributed by atoms with Crippen molar-refractivity contribution in [2.75, 3.05) is 25.1 Å². The highest BCUT2D eigenvalue weighted by Gasteiger charge is 2.38. The lowest BCUT2D eigenvalue weighted by Gasteiger charge is -2.37. The Balaban J connectivity index is 2.54. The van der Waals surface area contributed by atoms with Crippen LogP contribution in [-0.2, 0) is 15.6 Å². The van der Waals surface area contributed by atoms with Gasteiger partial charge in [0.15, 0.2) is 0 Å². The van der Waals surface area contributed by atoms with Crippen molar-refractivity contribution in [1.82, 2.24) is 10.6 Å². The maximum atomic E-state index is 12.5. The molecule has 0 bridgehead atoms. The fourth-order valence-electron chi connectivity index (χ4n) is 2.76. The first-order valence-electron chi connectivity index (χ1n) is 7.32. The summed E-state index contributed by atoms with van der Waals surface area (Å²) in [6.07, 6.45) is 6.51. The van der Waals surface area contributed by atoms with Gasteiger partial charge in [-0.05, 0) is 39.2 Å². The van der Waals surface area contributed by atoms with Gasteiger partial charge < -0.3 is 10.6 Å². The summed E-state index contributed by atoms with van der Waals surface area (Å²) in [5.41, 5.74) is -0.230. The van der Waals surface area contributed by atoms with E-state index in [1.807, 2.05) is 6.92 Å². The van der Waals surface area contributed by atoms with Crippen molar-refractivity contribution < 1.29 is 9.00 Å². The highest BCUT2D eigenvalue weighted by molar-refractivity contribution is 7.84. The Labute approximate surface area is 119 Å². The summed E-state index contributed by atoms with van der Waals surface area (Å²) >= 11 is 0. The molecular weight excluding hydrogens is 260 g/mol. The second kappa shape index (κ2) is 8.00. The maximum absolute atomic E-state index is 12.5. The van der Waals surface area contributed by atoms with Crippen molar-refractivity contribution in [2.45, 2.75) is 52.0 Å². The molecule has 1 heterocycles. The van der Waals surface area contributed by atoms with Gasteiger partial charge in [-0.15, -0.1) is 0 Å². The molecule has 0 aromatic heterocycles. The Kier molecular flexibility index (Phi) is 7.00. The van der Waals surface area contributed by atoms with Crippen LogP contribution in [0.25, 0.3) is 0 Å². The molecule has 4 nitrogen and oxygen atoms in total. The normalized spacial score (nSPS) is 26.7. The summed E-state index contributed by atoms with van der Waals surface area (Å²) in [7, 11) is -0.783. The minimum absolute atomic E-state index is 0.104. The van der Waals surface area contributed by atoms with Gasteiger partial charge in [-0.1, -0.05) is 13.3 Å². The quantitative estimate of drug-likeness (QED) is 0.745. The van der Waals surface area contributed by atoms with Gasteiger partial charge >= 0.3 is 0 Å². The average molecular weight is 288 g/mol. The van der Waals surface area contributed by atoms with Crippen molar-refractivity contribution in [3.63, 3.8) is 0 Å². The molecular formula is C14H28N2O2S. The minimum Gasteiger partial charge on any atom is -0.353 e. The summed E-state index contributed by atoms with van der Waals surface area (Å²) in [6, 6.07) is 0.104. The molecule has 1 amide bonds. The van der Waals surface area contributed by atoms with E-state index in [9.17, 15) is 9.00 Å². The molecule has 0 aromatic rings. The van der Waals surface area contributed by atoms with E-state index >= 15 is 0 Å². The maximum Gasteiger partial charge on any atom is 0.227 e. The largest absolute Gasteiger partial charge is 0.353 e. The second-order valence-corrected chi connectivity index (χ2v) is 7.31. The number of carbonyl (C=O) groups excluding carboxylic acids is 1. The topological polar surface area (TPSA) is 58.2 Å². The molecule has 112 valence electrons. The van der Waals surface area contributed by atoms with Gasteiger partial charge in [0.1, 0.15) is 0 Å².